The zero-order chi connectivity index (χ0) is 12.8. The largest absolute Gasteiger partial charge is 0.481 e. The summed E-state index contributed by atoms with van der Waals surface area (Å²) in [4.78, 5) is 25.5. The van der Waals surface area contributed by atoms with Crippen LogP contribution < -0.4 is 5.32 Å². The molecule has 0 bridgehead atoms. The second kappa shape index (κ2) is 6.15. The number of nitrogens with zero attached hydrogens (tertiary/aromatic N) is 2. The molecule has 0 aliphatic heterocycles. The minimum atomic E-state index is -1.05. The Morgan fingerprint density at radius 2 is 2.24 bits per heavy atom. The quantitative estimate of drug-likeness (QED) is 0.802. The highest BCUT2D eigenvalue weighted by atomic mass is 127. The Morgan fingerprint density at radius 1 is 1.53 bits per heavy atom. The molecule has 0 saturated heterocycles. The van der Waals surface area contributed by atoms with Crippen molar-refractivity contribution in [2.75, 3.05) is 5.32 Å². The molecule has 1 heterocycles. The minimum absolute atomic E-state index is 0.145. The van der Waals surface area contributed by atoms with Gasteiger partial charge in [0, 0.05) is 16.2 Å². The Labute approximate surface area is 111 Å². The number of pyridine rings is 1. The van der Waals surface area contributed by atoms with E-state index in [1.54, 1.807) is 6.07 Å². The van der Waals surface area contributed by atoms with Gasteiger partial charge in [-0.25, -0.2) is 4.98 Å². The second-order valence-electron chi connectivity index (χ2n) is 3.10. The molecule has 17 heavy (non-hydrogen) atoms. The van der Waals surface area contributed by atoms with Crippen molar-refractivity contribution in [1.29, 1.82) is 5.26 Å². The van der Waals surface area contributed by atoms with Crippen LogP contribution >= 0.6 is 22.6 Å². The molecule has 0 fully saturated rings. The summed E-state index contributed by atoms with van der Waals surface area (Å²) in [5.41, 5.74) is 0.251. The average Bonchev–Trinajstić information content (AvgIpc) is 2.28. The van der Waals surface area contributed by atoms with Crippen molar-refractivity contribution in [3.63, 3.8) is 0 Å². The van der Waals surface area contributed by atoms with Crippen LogP contribution in [0.1, 0.15) is 18.4 Å². The van der Waals surface area contributed by atoms with Gasteiger partial charge in [0.05, 0.1) is 12.0 Å². The first kappa shape index (κ1) is 13.4. The molecule has 1 aromatic rings. The normalized spacial score (nSPS) is 9.41. The van der Waals surface area contributed by atoms with Crippen molar-refractivity contribution in [1.82, 2.24) is 4.98 Å². The summed E-state index contributed by atoms with van der Waals surface area (Å²) in [5.74, 6) is -1.36. The molecule has 0 aliphatic rings. The third-order valence-corrected chi connectivity index (χ3v) is 2.39. The van der Waals surface area contributed by atoms with Crippen molar-refractivity contribution in [3.8, 4) is 6.07 Å². The fourth-order valence-electron chi connectivity index (χ4n) is 1.04. The van der Waals surface area contributed by atoms with Gasteiger partial charge in [0.25, 0.3) is 0 Å². The number of hydrogen-bond donors (Lipinski definition) is 2. The lowest BCUT2D eigenvalue weighted by molar-refractivity contribution is -0.138. The number of halogens is 1. The number of amides is 1. The maximum Gasteiger partial charge on any atom is 0.303 e. The number of aliphatic carboxylic acids is 1. The Balaban J connectivity index is 2.72. The first-order valence-electron chi connectivity index (χ1n) is 4.60. The van der Waals surface area contributed by atoms with Crippen LogP contribution in [0.4, 0.5) is 5.82 Å². The van der Waals surface area contributed by atoms with E-state index in [4.69, 9.17) is 10.4 Å². The van der Waals surface area contributed by atoms with Crippen LogP contribution in [0.2, 0.25) is 0 Å². The molecule has 1 amide bonds. The highest BCUT2D eigenvalue weighted by Gasteiger charge is 2.10. The third-order valence-electron chi connectivity index (χ3n) is 1.80. The van der Waals surface area contributed by atoms with Crippen LogP contribution in [0.3, 0.4) is 0 Å². The highest BCUT2D eigenvalue weighted by molar-refractivity contribution is 14.1. The minimum Gasteiger partial charge on any atom is -0.481 e. The van der Waals surface area contributed by atoms with Crippen LogP contribution in [0.15, 0.2) is 12.3 Å². The summed E-state index contributed by atoms with van der Waals surface area (Å²) in [6.07, 6.45) is 1.11. The standard InChI is InChI=1S/C10H8IN3O3/c11-7-3-6(4-12)10(13-5-7)14-8(15)1-2-9(16)17/h3,5H,1-2H2,(H,16,17)(H,13,14,15). The van der Waals surface area contributed by atoms with E-state index >= 15 is 0 Å². The fourth-order valence-corrected chi connectivity index (χ4v) is 1.49. The number of nitrogens with one attached hydrogen (secondary N) is 1. The Morgan fingerprint density at radius 3 is 2.82 bits per heavy atom. The van der Waals surface area contributed by atoms with E-state index in [0.717, 1.165) is 3.57 Å². The predicted molar refractivity (Wildman–Crippen MR) is 67.2 cm³/mol. The van der Waals surface area contributed by atoms with Crippen molar-refractivity contribution in [2.24, 2.45) is 0 Å². The van der Waals surface area contributed by atoms with Crippen molar-refractivity contribution in [3.05, 3.63) is 21.4 Å². The van der Waals surface area contributed by atoms with Gasteiger partial charge in [-0.15, -0.1) is 0 Å². The molecule has 0 aliphatic carbocycles. The van der Waals surface area contributed by atoms with Crippen LogP contribution in [-0.4, -0.2) is 22.0 Å². The number of anilines is 1. The Hall–Kier alpha value is -1.69. The number of carbonyl (C=O) groups excluding carboxylic acids is 1. The number of carboxylic acids is 1. The Bertz CT molecular complexity index is 496. The van der Waals surface area contributed by atoms with Gasteiger partial charge in [-0.2, -0.15) is 5.26 Å². The zero-order valence-corrected chi connectivity index (χ0v) is 10.8. The van der Waals surface area contributed by atoms with Crippen molar-refractivity contribution >= 4 is 40.3 Å². The van der Waals surface area contributed by atoms with Crippen LogP contribution in [0.5, 0.6) is 0 Å². The maximum absolute atomic E-state index is 11.3. The number of hydrogen-bond acceptors (Lipinski definition) is 4. The summed E-state index contributed by atoms with van der Waals surface area (Å²) < 4.78 is 0.780. The summed E-state index contributed by atoms with van der Waals surface area (Å²) in [7, 11) is 0. The smallest absolute Gasteiger partial charge is 0.303 e. The zero-order valence-electron chi connectivity index (χ0n) is 8.61. The summed E-state index contributed by atoms with van der Waals surface area (Å²) in [5, 5.41) is 19.7. The van der Waals surface area contributed by atoms with E-state index in [9.17, 15) is 9.59 Å². The summed E-state index contributed by atoms with van der Waals surface area (Å²) >= 11 is 2.00. The molecule has 0 saturated carbocycles. The van der Waals surface area contributed by atoms with E-state index in [0.29, 0.717) is 0 Å². The Kier molecular flexibility index (Phi) is 4.84. The average molecular weight is 345 g/mol. The molecule has 0 unspecified atom stereocenters. The topological polar surface area (TPSA) is 103 Å². The van der Waals surface area contributed by atoms with E-state index in [-0.39, 0.29) is 24.2 Å². The third kappa shape index (κ3) is 4.36. The second-order valence-corrected chi connectivity index (χ2v) is 4.35. The van der Waals surface area contributed by atoms with Crippen LogP contribution in [0.25, 0.3) is 0 Å². The number of rotatable bonds is 4. The van der Waals surface area contributed by atoms with Gasteiger partial charge < -0.3 is 10.4 Å². The fraction of sp³-hybridized carbons (Fsp3) is 0.200. The molecule has 88 valence electrons. The van der Waals surface area contributed by atoms with Gasteiger partial charge in [0.1, 0.15) is 6.07 Å². The van der Waals surface area contributed by atoms with E-state index < -0.39 is 11.9 Å². The van der Waals surface area contributed by atoms with Crippen LogP contribution in [-0.2, 0) is 9.59 Å². The number of carboxylic acid groups (broad SMARTS) is 1. The number of aromatic nitrogens is 1. The molecule has 1 rings (SSSR count). The van der Waals surface area contributed by atoms with Gasteiger partial charge >= 0.3 is 5.97 Å². The molecule has 0 radical (unpaired) electrons. The molecule has 2 N–H and O–H groups in total. The van der Waals surface area contributed by atoms with Crippen molar-refractivity contribution in [2.45, 2.75) is 12.8 Å². The molecule has 7 heteroatoms. The van der Waals surface area contributed by atoms with Crippen molar-refractivity contribution < 1.29 is 14.7 Å². The molecular formula is C10H8IN3O3. The lowest BCUT2D eigenvalue weighted by Gasteiger charge is -2.05. The van der Waals surface area contributed by atoms with Gasteiger partial charge in [0.15, 0.2) is 5.82 Å². The molecule has 0 spiro atoms. The summed E-state index contributed by atoms with van der Waals surface area (Å²) in [6, 6.07) is 3.49. The molecule has 1 aromatic heterocycles. The van der Waals surface area contributed by atoms with Crippen LogP contribution in [0, 0.1) is 14.9 Å². The van der Waals surface area contributed by atoms with Gasteiger partial charge in [-0.05, 0) is 28.7 Å². The first-order valence-corrected chi connectivity index (χ1v) is 5.68. The number of carbonyl (C=O) groups is 2. The van der Waals surface area contributed by atoms with Gasteiger partial charge in [0.2, 0.25) is 5.91 Å². The van der Waals surface area contributed by atoms with E-state index in [1.165, 1.54) is 6.20 Å². The van der Waals surface area contributed by atoms with E-state index in [2.05, 4.69) is 10.3 Å². The first-order chi connectivity index (χ1) is 8.02. The van der Waals surface area contributed by atoms with Gasteiger partial charge in [-0.1, -0.05) is 0 Å². The number of nitriles is 1. The predicted octanol–water partition coefficient (Wildman–Crippen LogP) is 1.36. The maximum atomic E-state index is 11.3. The highest BCUT2D eigenvalue weighted by Crippen LogP contribution is 2.14. The molecule has 0 atom stereocenters. The van der Waals surface area contributed by atoms with E-state index in [1.807, 2.05) is 28.7 Å². The SMILES string of the molecule is N#Cc1cc(I)cnc1NC(=O)CCC(=O)O. The monoisotopic (exact) mass is 345 g/mol. The molecule has 6 nitrogen and oxygen atoms in total. The van der Waals surface area contributed by atoms with Gasteiger partial charge in [-0.3, -0.25) is 9.59 Å². The molecular weight excluding hydrogens is 337 g/mol. The lowest BCUT2D eigenvalue weighted by atomic mass is 10.2. The molecule has 0 aromatic carbocycles. The lowest BCUT2D eigenvalue weighted by Crippen LogP contribution is -2.15. The summed E-state index contributed by atoms with van der Waals surface area (Å²) in [6.45, 7) is 0.